The number of hydrogen-bond acceptors (Lipinski definition) is 4. The lowest BCUT2D eigenvalue weighted by molar-refractivity contribution is 0.242. The van der Waals surface area contributed by atoms with Crippen molar-refractivity contribution in [2.24, 2.45) is 5.92 Å². The molecular weight excluding hydrogens is 248 g/mol. The average molecular weight is 274 g/mol. The van der Waals surface area contributed by atoms with Gasteiger partial charge < -0.3 is 10.6 Å². The molecular formula is C16H26N4. The molecule has 4 nitrogen and oxygen atoms in total. The second kappa shape index (κ2) is 5.58. The van der Waals surface area contributed by atoms with Gasteiger partial charge in [-0.3, -0.25) is 0 Å². The second-order valence-electron chi connectivity index (χ2n) is 6.60. The molecule has 0 amide bonds. The van der Waals surface area contributed by atoms with Crippen molar-refractivity contribution in [3.8, 4) is 0 Å². The number of nitrogen functional groups attached to an aromatic ring is 1. The van der Waals surface area contributed by atoms with Gasteiger partial charge in [0, 0.05) is 18.2 Å². The zero-order chi connectivity index (χ0) is 14.1. The quantitative estimate of drug-likeness (QED) is 0.898. The maximum atomic E-state index is 6.12. The Kier molecular flexibility index (Phi) is 3.81. The van der Waals surface area contributed by atoms with Crippen molar-refractivity contribution in [2.75, 3.05) is 17.2 Å². The van der Waals surface area contributed by atoms with Crippen molar-refractivity contribution >= 4 is 11.6 Å². The Morgan fingerprint density at radius 1 is 1.15 bits per heavy atom. The molecule has 2 fully saturated rings. The van der Waals surface area contributed by atoms with Gasteiger partial charge in [-0.15, -0.1) is 0 Å². The Labute approximate surface area is 121 Å². The molecule has 1 aliphatic carbocycles. The van der Waals surface area contributed by atoms with Gasteiger partial charge in [-0.1, -0.05) is 26.7 Å². The van der Waals surface area contributed by atoms with E-state index >= 15 is 0 Å². The van der Waals surface area contributed by atoms with E-state index in [9.17, 15) is 0 Å². The minimum Gasteiger partial charge on any atom is -0.383 e. The summed E-state index contributed by atoms with van der Waals surface area (Å²) in [5, 5.41) is 0. The Bertz CT molecular complexity index is 470. The zero-order valence-electron chi connectivity index (χ0n) is 12.7. The highest BCUT2D eigenvalue weighted by Crippen LogP contribution is 2.40. The van der Waals surface area contributed by atoms with E-state index in [0.29, 0.717) is 17.8 Å². The van der Waals surface area contributed by atoms with Crippen LogP contribution in [-0.4, -0.2) is 22.6 Å². The highest BCUT2D eigenvalue weighted by molar-refractivity contribution is 5.59. The summed E-state index contributed by atoms with van der Waals surface area (Å²) in [6, 6.07) is 0.671. The first-order valence-electron chi connectivity index (χ1n) is 8.05. The maximum absolute atomic E-state index is 6.12. The van der Waals surface area contributed by atoms with Gasteiger partial charge in [0.15, 0.2) is 0 Å². The molecule has 1 aliphatic heterocycles. The lowest BCUT2D eigenvalue weighted by Crippen LogP contribution is -2.47. The number of nitrogens with two attached hydrogens (primary N) is 1. The summed E-state index contributed by atoms with van der Waals surface area (Å²) in [6.45, 7) is 5.49. The molecule has 1 aromatic heterocycles. The number of nitrogens with zero attached hydrogens (tertiary/aromatic N) is 3. The molecule has 110 valence electrons. The Hall–Kier alpha value is -1.32. The van der Waals surface area contributed by atoms with Crippen molar-refractivity contribution in [1.29, 1.82) is 0 Å². The van der Waals surface area contributed by atoms with E-state index in [1.165, 1.54) is 38.5 Å². The van der Waals surface area contributed by atoms with Crippen molar-refractivity contribution < 1.29 is 0 Å². The standard InChI is InChI=1S/C16H26N4/c1-11(2)14-15(17)18-10-19-16(14)20-9-5-7-12-6-3-4-8-13(12)20/h10-13H,3-9H2,1-2H3,(H2,17,18,19). The Balaban J connectivity index is 1.97. The second-order valence-corrected chi connectivity index (χ2v) is 6.60. The monoisotopic (exact) mass is 274 g/mol. The maximum Gasteiger partial charge on any atom is 0.137 e. The summed E-state index contributed by atoms with van der Waals surface area (Å²) < 4.78 is 0. The van der Waals surface area contributed by atoms with Crippen LogP contribution in [0.25, 0.3) is 0 Å². The molecule has 1 aromatic rings. The van der Waals surface area contributed by atoms with Crippen LogP contribution in [0.1, 0.15) is 63.9 Å². The number of aromatic nitrogens is 2. The van der Waals surface area contributed by atoms with Gasteiger partial charge in [0.25, 0.3) is 0 Å². The van der Waals surface area contributed by atoms with Crippen LogP contribution in [0.2, 0.25) is 0 Å². The molecule has 2 atom stereocenters. The van der Waals surface area contributed by atoms with E-state index in [-0.39, 0.29) is 0 Å². The van der Waals surface area contributed by atoms with E-state index in [0.717, 1.165) is 23.8 Å². The number of piperidine rings is 1. The van der Waals surface area contributed by atoms with E-state index in [2.05, 4.69) is 28.7 Å². The predicted octanol–water partition coefficient (Wildman–Crippen LogP) is 3.34. The molecule has 2 N–H and O–H groups in total. The van der Waals surface area contributed by atoms with E-state index < -0.39 is 0 Å². The zero-order valence-corrected chi connectivity index (χ0v) is 12.7. The highest BCUT2D eigenvalue weighted by Gasteiger charge is 2.35. The van der Waals surface area contributed by atoms with Gasteiger partial charge in [0.1, 0.15) is 18.0 Å². The first kappa shape index (κ1) is 13.7. The van der Waals surface area contributed by atoms with Crippen LogP contribution in [0, 0.1) is 5.92 Å². The summed E-state index contributed by atoms with van der Waals surface area (Å²) in [6.07, 6.45) is 9.75. The normalized spacial score (nSPS) is 26.6. The smallest absolute Gasteiger partial charge is 0.137 e. The number of anilines is 2. The minimum atomic E-state index is 0.371. The summed E-state index contributed by atoms with van der Waals surface area (Å²) in [7, 11) is 0. The van der Waals surface area contributed by atoms with Crippen LogP contribution in [0.15, 0.2) is 6.33 Å². The molecule has 0 aromatic carbocycles. The van der Waals surface area contributed by atoms with E-state index in [1.54, 1.807) is 6.33 Å². The first-order valence-corrected chi connectivity index (χ1v) is 8.05. The summed E-state index contributed by atoms with van der Waals surface area (Å²) in [5.41, 5.74) is 7.26. The van der Waals surface area contributed by atoms with Crippen LogP contribution in [0.3, 0.4) is 0 Å². The lowest BCUT2D eigenvalue weighted by Gasteiger charge is -2.45. The average Bonchev–Trinajstić information content (AvgIpc) is 2.46. The van der Waals surface area contributed by atoms with Crippen molar-refractivity contribution in [1.82, 2.24) is 9.97 Å². The molecule has 2 unspecified atom stereocenters. The SMILES string of the molecule is CC(C)c1c(N)ncnc1N1CCCC2CCCCC21. The predicted molar refractivity (Wildman–Crippen MR) is 82.9 cm³/mol. The molecule has 3 rings (SSSR count). The van der Waals surface area contributed by atoms with Gasteiger partial charge in [0.2, 0.25) is 0 Å². The van der Waals surface area contributed by atoms with Gasteiger partial charge in [-0.05, 0) is 37.5 Å². The van der Waals surface area contributed by atoms with Crippen LogP contribution in [-0.2, 0) is 0 Å². The van der Waals surface area contributed by atoms with E-state index in [1.807, 2.05) is 0 Å². The van der Waals surface area contributed by atoms with Gasteiger partial charge in [-0.25, -0.2) is 9.97 Å². The Morgan fingerprint density at radius 2 is 1.90 bits per heavy atom. The van der Waals surface area contributed by atoms with Crippen molar-refractivity contribution in [2.45, 2.75) is 64.3 Å². The topological polar surface area (TPSA) is 55.0 Å². The fourth-order valence-electron chi connectivity index (χ4n) is 4.07. The third-order valence-corrected chi connectivity index (χ3v) is 4.99. The molecule has 0 spiro atoms. The fourth-order valence-corrected chi connectivity index (χ4v) is 4.07. The number of fused-ring (bicyclic) bond motifs is 1. The minimum absolute atomic E-state index is 0.371. The van der Waals surface area contributed by atoms with Crippen molar-refractivity contribution in [3.05, 3.63) is 11.9 Å². The van der Waals surface area contributed by atoms with Gasteiger partial charge in [-0.2, -0.15) is 0 Å². The fraction of sp³-hybridized carbons (Fsp3) is 0.750. The van der Waals surface area contributed by atoms with Crippen LogP contribution in [0.5, 0.6) is 0 Å². The van der Waals surface area contributed by atoms with Crippen LogP contribution < -0.4 is 10.6 Å². The summed E-state index contributed by atoms with van der Waals surface area (Å²) >= 11 is 0. The first-order chi connectivity index (χ1) is 9.68. The highest BCUT2D eigenvalue weighted by atomic mass is 15.2. The molecule has 2 heterocycles. The van der Waals surface area contributed by atoms with E-state index in [4.69, 9.17) is 5.73 Å². The van der Waals surface area contributed by atoms with Crippen LogP contribution >= 0.6 is 0 Å². The molecule has 1 saturated heterocycles. The lowest BCUT2D eigenvalue weighted by atomic mass is 9.78. The molecule has 0 radical (unpaired) electrons. The number of rotatable bonds is 2. The largest absolute Gasteiger partial charge is 0.383 e. The van der Waals surface area contributed by atoms with Crippen LogP contribution in [0.4, 0.5) is 11.6 Å². The Morgan fingerprint density at radius 3 is 2.70 bits per heavy atom. The molecule has 20 heavy (non-hydrogen) atoms. The molecule has 0 bridgehead atoms. The molecule has 1 saturated carbocycles. The molecule has 4 heteroatoms. The summed E-state index contributed by atoms with van der Waals surface area (Å²) in [5.74, 6) is 2.98. The number of hydrogen-bond donors (Lipinski definition) is 1. The summed E-state index contributed by atoms with van der Waals surface area (Å²) in [4.78, 5) is 11.4. The third-order valence-electron chi connectivity index (χ3n) is 4.99. The third kappa shape index (κ3) is 2.36. The molecule has 2 aliphatic rings. The van der Waals surface area contributed by atoms with Gasteiger partial charge in [0.05, 0.1) is 0 Å². The van der Waals surface area contributed by atoms with Crippen molar-refractivity contribution in [3.63, 3.8) is 0 Å². The van der Waals surface area contributed by atoms with Gasteiger partial charge >= 0.3 is 0 Å².